The summed E-state index contributed by atoms with van der Waals surface area (Å²) in [4.78, 5) is 14.6. The number of nitrogen functional groups attached to an aromatic ring is 1. The van der Waals surface area contributed by atoms with Crippen LogP contribution < -0.4 is 16.4 Å². The van der Waals surface area contributed by atoms with Crippen LogP contribution in [0.3, 0.4) is 0 Å². The van der Waals surface area contributed by atoms with Gasteiger partial charge in [0.15, 0.2) is 0 Å². The van der Waals surface area contributed by atoms with E-state index in [0.717, 1.165) is 70.6 Å². The fraction of sp³-hybridized carbons (Fsp3) is 0.280. The minimum Gasteiger partial charge on any atom is -0.509 e. The van der Waals surface area contributed by atoms with Crippen LogP contribution in [-0.2, 0) is 17.8 Å². The highest BCUT2D eigenvalue weighted by Gasteiger charge is 2.11. The van der Waals surface area contributed by atoms with Gasteiger partial charge >= 0.3 is 0 Å². The highest BCUT2D eigenvalue weighted by molar-refractivity contribution is 5.92. The molecule has 7 heteroatoms. The third kappa shape index (κ3) is 6.72. The zero-order valence-corrected chi connectivity index (χ0v) is 18.9. The van der Waals surface area contributed by atoms with E-state index in [4.69, 9.17) is 15.3 Å². The van der Waals surface area contributed by atoms with Gasteiger partial charge in [-0.25, -0.2) is 4.98 Å². The van der Waals surface area contributed by atoms with Crippen molar-refractivity contribution in [3.8, 4) is 0 Å². The van der Waals surface area contributed by atoms with Crippen molar-refractivity contribution >= 4 is 34.8 Å². The number of nitrogens with two attached hydrogens (primary N) is 1. The molecule has 5 N–H and O–H groups in total. The number of aliphatic hydroxyl groups is 1. The van der Waals surface area contributed by atoms with E-state index < -0.39 is 0 Å². The van der Waals surface area contributed by atoms with E-state index in [0.29, 0.717) is 6.42 Å². The van der Waals surface area contributed by atoms with Crippen LogP contribution in [0.15, 0.2) is 53.3 Å². The maximum atomic E-state index is 10.3. The van der Waals surface area contributed by atoms with Crippen LogP contribution >= 0.6 is 0 Å². The molecule has 0 aliphatic heterocycles. The van der Waals surface area contributed by atoms with Crippen molar-refractivity contribution in [1.29, 1.82) is 0 Å². The Morgan fingerprint density at radius 1 is 1.34 bits per heavy atom. The minimum absolute atomic E-state index is 0.00944. The Hall–Kier alpha value is -3.58. The van der Waals surface area contributed by atoms with Crippen LogP contribution in [0.5, 0.6) is 0 Å². The lowest BCUT2D eigenvalue weighted by Crippen LogP contribution is -2.04. The zero-order chi connectivity index (χ0) is 23.5. The molecule has 3 rings (SSSR count). The van der Waals surface area contributed by atoms with Crippen molar-refractivity contribution in [1.82, 2.24) is 10.3 Å². The number of benzene rings is 1. The molecule has 170 valence electrons. The SMILES string of the molecule is C=C(O)/C=C/c1cnc(NC)c(CCCC=O)c1.CNCc1oc2cccc(N)c2c1C. The second-order valence-corrected chi connectivity index (χ2v) is 7.31. The number of allylic oxidation sites excluding steroid dienone is 1. The molecule has 0 saturated carbocycles. The van der Waals surface area contributed by atoms with E-state index in [1.165, 1.54) is 6.08 Å². The Balaban J connectivity index is 0.000000233. The first-order valence-corrected chi connectivity index (χ1v) is 10.5. The van der Waals surface area contributed by atoms with E-state index in [-0.39, 0.29) is 5.76 Å². The summed E-state index contributed by atoms with van der Waals surface area (Å²) in [5.41, 5.74) is 10.6. The van der Waals surface area contributed by atoms with Crippen LogP contribution in [0.1, 0.15) is 35.3 Å². The predicted molar refractivity (Wildman–Crippen MR) is 132 cm³/mol. The molecular weight excluding hydrogens is 404 g/mol. The number of aromatic nitrogens is 1. The van der Waals surface area contributed by atoms with E-state index >= 15 is 0 Å². The van der Waals surface area contributed by atoms with Gasteiger partial charge in [-0.2, -0.15) is 0 Å². The van der Waals surface area contributed by atoms with Crippen LogP contribution in [0.25, 0.3) is 17.0 Å². The van der Waals surface area contributed by atoms with Gasteiger partial charge in [0.2, 0.25) is 0 Å². The molecule has 3 aromatic rings. The van der Waals surface area contributed by atoms with Crippen LogP contribution in [0, 0.1) is 6.92 Å². The van der Waals surface area contributed by atoms with Gasteiger partial charge in [-0.15, -0.1) is 0 Å². The number of carbonyl (C=O) groups excluding carboxylic acids is 1. The molecule has 0 amide bonds. The number of aliphatic hydroxyl groups excluding tert-OH is 1. The number of fused-ring (bicyclic) bond motifs is 1. The first kappa shape index (κ1) is 24.7. The van der Waals surface area contributed by atoms with E-state index in [1.54, 1.807) is 12.3 Å². The van der Waals surface area contributed by atoms with Gasteiger partial charge in [-0.05, 0) is 68.3 Å². The van der Waals surface area contributed by atoms with Gasteiger partial charge in [-0.3, -0.25) is 0 Å². The number of aryl methyl sites for hydroxylation is 2. The average molecular weight is 437 g/mol. The highest BCUT2D eigenvalue weighted by atomic mass is 16.3. The maximum absolute atomic E-state index is 10.3. The topological polar surface area (TPSA) is 113 Å². The summed E-state index contributed by atoms with van der Waals surface area (Å²) in [5.74, 6) is 1.79. The van der Waals surface area contributed by atoms with Crippen molar-refractivity contribution < 1.29 is 14.3 Å². The molecule has 0 bridgehead atoms. The summed E-state index contributed by atoms with van der Waals surface area (Å²) >= 11 is 0. The van der Waals surface area contributed by atoms with Crippen LogP contribution in [-0.4, -0.2) is 30.5 Å². The number of nitrogens with zero attached hydrogens (tertiary/aromatic N) is 1. The van der Waals surface area contributed by atoms with E-state index in [9.17, 15) is 4.79 Å². The molecule has 0 spiro atoms. The van der Waals surface area contributed by atoms with E-state index in [2.05, 4.69) is 22.2 Å². The molecule has 0 aliphatic carbocycles. The molecule has 0 atom stereocenters. The van der Waals surface area contributed by atoms with Gasteiger partial charge in [-0.1, -0.05) is 12.6 Å². The second-order valence-electron chi connectivity index (χ2n) is 7.31. The third-order valence-corrected chi connectivity index (χ3v) is 4.88. The smallest absolute Gasteiger partial charge is 0.136 e. The second kappa shape index (κ2) is 12.3. The third-order valence-electron chi connectivity index (χ3n) is 4.88. The van der Waals surface area contributed by atoms with Crippen LogP contribution in [0.4, 0.5) is 11.5 Å². The van der Waals surface area contributed by atoms with Gasteiger partial charge in [0.25, 0.3) is 0 Å². The van der Waals surface area contributed by atoms with Crippen molar-refractivity contribution in [3.63, 3.8) is 0 Å². The average Bonchev–Trinajstić information content (AvgIpc) is 3.10. The number of anilines is 2. The highest BCUT2D eigenvalue weighted by Crippen LogP contribution is 2.29. The van der Waals surface area contributed by atoms with Crippen molar-refractivity contribution in [2.75, 3.05) is 25.1 Å². The van der Waals surface area contributed by atoms with Crippen molar-refractivity contribution in [2.24, 2.45) is 0 Å². The number of hydrogen-bond acceptors (Lipinski definition) is 7. The Bertz CT molecular complexity index is 1090. The number of furan rings is 1. The quantitative estimate of drug-likeness (QED) is 0.126. The Labute approximate surface area is 189 Å². The number of carbonyl (C=O) groups is 1. The van der Waals surface area contributed by atoms with Gasteiger partial charge in [0.05, 0.1) is 6.54 Å². The molecule has 2 aromatic heterocycles. The standard InChI is InChI=1S/C14H18N2O2.C11H14N2O/c1-11(18)6-7-12-9-13(5-3-4-8-17)14(15-2)16-10-12;1-7-10(6-13-2)14-9-5-3-4-8(12)11(7)9/h6-10,18H,1,3-5H2,2H3,(H,15,16);3-5,13H,6,12H2,1-2H3/b7-6+;. The molecule has 7 nitrogen and oxygen atoms in total. The normalized spacial score (nSPS) is 10.7. The maximum Gasteiger partial charge on any atom is 0.136 e. The fourth-order valence-electron chi connectivity index (χ4n) is 3.32. The predicted octanol–water partition coefficient (Wildman–Crippen LogP) is 4.77. The Morgan fingerprint density at radius 3 is 2.75 bits per heavy atom. The van der Waals surface area contributed by atoms with Gasteiger partial charge in [0.1, 0.15) is 29.2 Å². The van der Waals surface area contributed by atoms with Crippen molar-refractivity contribution in [2.45, 2.75) is 32.7 Å². The lowest BCUT2D eigenvalue weighted by molar-refractivity contribution is -0.107. The number of rotatable bonds is 9. The first-order valence-electron chi connectivity index (χ1n) is 10.5. The molecule has 1 aromatic carbocycles. The number of unbranched alkanes of at least 4 members (excludes halogenated alkanes) is 1. The van der Waals surface area contributed by atoms with E-state index in [1.807, 2.05) is 45.3 Å². The lowest BCUT2D eigenvalue weighted by atomic mass is 10.1. The first-order chi connectivity index (χ1) is 15.4. The summed E-state index contributed by atoms with van der Waals surface area (Å²) in [6, 6.07) is 7.73. The zero-order valence-electron chi connectivity index (χ0n) is 18.9. The molecule has 0 unspecified atom stereocenters. The van der Waals surface area contributed by atoms with Gasteiger partial charge in [0, 0.05) is 36.3 Å². The van der Waals surface area contributed by atoms with Gasteiger partial charge < -0.3 is 30.7 Å². The summed E-state index contributed by atoms with van der Waals surface area (Å²) < 4.78 is 5.68. The van der Waals surface area contributed by atoms with Crippen molar-refractivity contribution in [3.05, 3.63) is 71.3 Å². The largest absolute Gasteiger partial charge is 0.509 e. The molecule has 0 radical (unpaired) electrons. The molecular formula is C25H32N4O3. The molecule has 2 heterocycles. The molecule has 0 saturated heterocycles. The number of hydrogen-bond donors (Lipinski definition) is 4. The minimum atomic E-state index is 0.00944. The fourth-order valence-corrected chi connectivity index (χ4v) is 3.32. The van der Waals surface area contributed by atoms with Crippen LogP contribution in [0.2, 0.25) is 0 Å². The molecule has 0 fully saturated rings. The summed E-state index contributed by atoms with van der Waals surface area (Å²) in [6.45, 7) is 6.16. The summed E-state index contributed by atoms with van der Waals surface area (Å²) in [6.07, 6.45) is 8.06. The molecule has 32 heavy (non-hydrogen) atoms. The summed E-state index contributed by atoms with van der Waals surface area (Å²) in [5, 5.41) is 16.1. The number of pyridine rings is 1. The number of aldehydes is 1. The Morgan fingerprint density at radius 2 is 2.12 bits per heavy atom. The lowest BCUT2D eigenvalue weighted by Gasteiger charge is -2.08. The monoisotopic (exact) mass is 436 g/mol. The number of nitrogens with one attached hydrogen (secondary N) is 2. The summed E-state index contributed by atoms with van der Waals surface area (Å²) in [7, 11) is 3.71. The molecule has 0 aliphatic rings. The Kier molecular flexibility index (Phi) is 9.50.